The summed E-state index contributed by atoms with van der Waals surface area (Å²) >= 11 is 0. The normalized spacial score (nSPS) is 16.2. The quantitative estimate of drug-likeness (QED) is 0.839. The molecule has 0 aliphatic carbocycles. The largest absolute Gasteiger partial charge is 0.482 e. The highest BCUT2D eigenvalue weighted by atomic mass is 16.5. The zero-order chi connectivity index (χ0) is 14.5. The SMILES string of the molecule is Cc1ccc(OCC(=O)N2CCN(C)CC2)c(CN)n1. The molecule has 6 heteroatoms. The van der Waals surface area contributed by atoms with E-state index in [-0.39, 0.29) is 12.5 Å². The zero-order valence-corrected chi connectivity index (χ0v) is 12.1. The van der Waals surface area contributed by atoms with Gasteiger partial charge in [-0.25, -0.2) is 0 Å². The summed E-state index contributed by atoms with van der Waals surface area (Å²) in [5, 5.41) is 0. The number of hydrogen-bond donors (Lipinski definition) is 1. The molecule has 1 aliphatic heterocycles. The summed E-state index contributed by atoms with van der Waals surface area (Å²) in [5.74, 6) is 0.613. The molecular formula is C14H22N4O2. The molecule has 0 bridgehead atoms. The maximum Gasteiger partial charge on any atom is 0.260 e. The second kappa shape index (κ2) is 6.67. The first-order valence-electron chi connectivity index (χ1n) is 6.86. The molecule has 1 fully saturated rings. The lowest BCUT2D eigenvalue weighted by atomic mass is 10.3. The molecule has 1 aliphatic rings. The van der Waals surface area contributed by atoms with Gasteiger partial charge in [-0.15, -0.1) is 0 Å². The summed E-state index contributed by atoms with van der Waals surface area (Å²) < 4.78 is 5.58. The van der Waals surface area contributed by atoms with Crippen LogP contribution in [0.3, 0.4) is 0 Å². The van der Waals surface area contributed by atoms with Crippen LogP contribution in [0.4, 0.5) is 0 Å². The number of aryl methyl sites for hydroxylation is 1. The van der Waals surface area contributed by atoms with Gasteiger partial charge in [-0.05, 0) is 26.1 Å². The summed E-state index contributed by atoms with van der Waals surface area (Å²) in [6, 6.07) is 3.68. The molecule has 0 aromatic carbocycles. The first kappa shape index (κ1) is 14.7. The number of carbonyl (C=O) groups excluding carboxylic acids is 1. The van der Waals surface area contributed by atoms with Crippen molar-refractivity contribution >= 4 is 5.91 Å². The minimum Gasteiger partial charge on any atom is -0.482 e. The number of amides is 1. The maximum absolute atomic E-state index is 12.1. The third-order valence-electron chi connectivity index (χ3n) is 3.47. The molecule has 2 rings (SSSR count). The smallest absolute Gasteiger partial charge is 0.260 e. The molecule has 6 nitrogen and oxygen atoms in total. The highest BCUT2D eigenvalue weighted by Crippen LogP contribution is 2.16. The first-order chi connectivity index (χ1) is 9.60. The van der Waals surface area contributed by atoms with Crippen molar-refractivity contribution in [3.63, 3.8) is 0 Å². The van der Waals surface area contributed by atoms with Crippen molar-refractivity contribution in [3.8, 4) is 5.75 Å². The van der Waals surface area contributed by atoms with Gasteiger partial charge in [0.15, 0.2) is 6.61 Å². The lowest BCUT2D eigenvalue weighted by molar-refractivity contribution is -0.134. The minimum atomic E-state index is 0.0154. The molecule has 0 saturated carbocycles. The lowest BCUT2D eigenvalue weighted by Crippen LogP contribution is -2.48. The van der Waals surface area contributed by atoms with Gasteiger partial charge in [0.05, 0.1) is 5.69 Å². The van der Waals surface area contributed by atoms with Crippen LogP contribution in [0.5, 0.6) is 5.75 Å². The van der Waals surface area contributed by atoms with Gasteiger partial charge in [-0.3, -0.25) is 9.78 Å². The van der Waals surface area contributed by atoms with Gasteiger partial charge in [0.2, 0.25) is 0 Å². The van der Waals surface area contributed by atoms with Gasteiger partial charge < -0.3 is 20.3 Å². The predicted molar refractivity (Wildman–Crippen MR) is 76.4 cm³/mol. The molecule has 0 unspecified atom stereocenters. The van der Waals surface area contributed by atoms with E-state index in [1.165, 1.54) is 0 Å². The third kappa shape index (κ3) is 3.68. The van der Waals surface area contributed by atoms with Crippen molar-refractivity contribution in [2.75, 3.05) is 39.8 Å². The van der Waals surface area contributed by atoms with E-state index < -0.39 is 0 Å². The van der Waals surface area contributed by atoms with Gasteiger partial charge >= 0.3 is 0 Å². The number of piperazine rings is 1. The van der Waals surface area contributed by atoms with E-state index in [0.717, 1.165) is 31.9 Å². The molecule has 2 N–H and O–H groups in total. The second-order valence-corrected chi connectivity index (χ2v) is 5.07. The van der Waals surface area contributed by atoms with Crippen LogP contribution >= 0.6 is 0 Å². The van der Waals surface area contributed by atoms with Crippen molar-refractivity contribution in [3.05, 3.63) is 23.5 Å². The van der Waals surface area contributed by atoms with Crippen LogP contribution in [0.1, 0.15) is 11.4 Å². The van der Waals surface area contributed by atoms with Crippen molar-refractivity contribution in [2.45, 2.75) is 13.5 Å². The summed E-state index contributed by atoms with van der Waals surface area (Å²) in [4.78, 5) is 20.4. The Morgan fingerprint density at radius 2 is 2.05 bits per heavy atom. The van der Waals surface area contributed by atoms with E-state index in [2.05, 4.69) is 16.9 Å². The molecule has 1 saturated heterocycles. The van der Waals surface area contributed by atoms with Crippen molar-refractivity contribution in [1.82, 2.24) is 14.8 Å². The molecular weight excluding hydrogens is 256 g/mol. The van der Waals surface area contributed by atoms with Gasteiger partial charge in [0.25, 0.3) is 5.91 Å². The monoisotopic (exact) mass is 278 g/mol. The Balaban J connectivity index is 1.90. The van der Waals surface area contributed by atoms with Crippen LogP contribution in [0.25, 0.3) is 0 Å². The van der Waals surface area contributed by atoms with Gasteiger partial charge in [-0.1, -0.05) is 0 Å². The van der Waals surface area contributed by atoms with Crippen molar-refractivity contribution < 1.29 is 9.53 Å². The van der Waals surface area contributed by atoms with Crippen LogP contribution < -0.4 is 10.5 Å². The number of rotatable bonds is 4. The molecule has 0 radical (unpaired) electrons. The number of carbonyl (C=O) groups is 1. The van der Waals surface area contributed by atoms with Crippen LogP contribution in [-0.2, 0) is 11.3 Å². The van der Waals surface area contributed by atoms with E-state index in [9.17, 15) is 4.79 Å². The average Bonchev–Trinajstić information content (AvgIpc) is 2.46. The number of likely N-dealkylation sites (N-methyl/N-ethyl adjacent to an activating group) is 1. The number of aromatic nitrogens is 1. The van der Waals surface area contributed by atoms with E-state index in [1.807, 2.05) is 24.0 Å². The number of nitrogens with zero attached hydrogens (tertiary/aromatic N) is 3. The fourth-order valence-corrected chi connectivity index (χ4v) is 2.16. The fourth-order valence-electron chi connectivity index (χ4n) is 2.16. The first-order valence-corrected chi connectivity index (χ1v) is 6.86. The van der Waals surface area contributed by atoms with Crippen molar-refractivity contribution in [1.29, 1.82) is 0 Å². The summed E-state index contributed by atoms with van der Waals surface area (Å²) in [6.07, 6.45) is 0. The Hall–Kier alpha value is -1.66. The van der Waals surface area contributed by atoms with E-state index >= 15 is 0 Å². The number of nitrogens with two attached hydrogens (primary N) is 1. The number of hydrogen-bond acceptors (Lipinski definition) is 5. The molecule has 1 amide bonds. The molecule has 2 heterocycles. The Labute approximate surface area is 119 Å². The lowest BCUT2D eigenvalue weighted by Gasteiger charge is -2.32. The van der Waals surface area contributed by atoms with Gasteiger partial charge in [-0.2, -0.15) is 0 Å². The van der Waals surface area contributed by atoms with E-state index in [1.54, 1.807) is 0 Å². The van der Waals surface area contributed by atoms with Crippen LogP contribution in [0, 0.1) is 6.92 Å². The van der Waals surface area contributed by atoms with Gasteiger partial charge in [0, 0.05) is 38.4 Å². The van der Waals surface area contributed by atoms with Crippen molar-refractivity contribution in [2.24, 2.45) is 5.73 Å². The topological polar surface area (TPSA) is 71.7 Å². The summed E-state index contributed by atoms with van der Waals surface area (Å²) in [7, 11) is 2.06. The molecule has 1 aromatic rings. The number of pyridine rings is 1. The number of ether oxygens (including phenoxy) is 1. The molecule has 20 heavy (non-hydrogen) atoms. The average molecular weight is 278 g/mol. The predicted octanol–water partition coefficient (Wildman–Crippen LogP) is 0.00152. The third-order valence-corrected chi connectivity index (χ3v) is 3.47. The summed E-state index contributed by atoms with van der Waals surface area (Å²) in [5.41, 5.74) is 7.22. The maximum atomic E-state index is 12.1. The van der Waals surface area contributed by atoms with Gasteiger partial charge in [0.1, 0.15) is 5.75 Å². The minimum absolute atomic E-state index is 0.0154. The van der Waals surface area contributed by atoms with Crippen LogP contribution in [-0.4, -0.2) is 60.5 Å². The zero-order valence-electron chi connectivity index (χ0n) is 12.1. The highest BCUT2D eigenvalue weighted by molar-refractivity contribution is 5.77. The van der Waals surface area contributed by atoms with E-state index in [4.69, 9.17) is 10.5 Å². The Morgan fingerprint density at radius 3 is 2.70 bits per heavy atom. The fraction of sp³-hybridized carbons (Fsp3) is 0.571. The van der Waals surface area contributed by atoms with Crippen LogP contribution in [0.15, 0.2) is 12.1 Å². The Kier molecular flexibility index (Phi) is 4.92. The standard InChI is InChI=1S/C14H22N4O2/c1-11-3-4-13(12(9-15)16-11)20-10-14(19)18-7-5-17(2)6-8-18/h3-4H,5-10,15H2,1-2H3. The molecule has 0 atom stereocenters. The Morgan fingerprint density at radius 1 is 1.35 bits per heavy atom. The van der Waals surface area contributed by atoms with E-state index in [0.29, 0.717) is 18.0 Å². The van der Waals surface area contributed by atoms with Crippen LogP contribution in [0.2, 0.25) is 0 Å². The molecule has 0 spiro atoms. The summed E-state index contributed by atoms with van der Waals surface area (Å²) in [6.45, 7) is 5.58. The second-order valence-electron chi connectivity index (χ2n) is 5.07. The molecule has 1 aromatic heterocycles. The molecule has 110 valence electrons. The highest BCUT2D eigenvalue weighted by Gasteiger charge is 2.19. The Bertz CT molecular complexity index is 470.